The molecule has 1 fully saturated rings. The zero-order valence-corrected chi connectivity index (χ0v) is 12.7. The van der Waals surface area contributed by atoms with Crippen LogP contribution in [0, 0.1) is 0 Å². The third-order valence-electron chi connectivity index (χ3n) is 4.08. The second-order valence-electron chi connectivity index (χ2n) is 5.37. The van der Waals surface area contributed by atoms with Crippen molar-refractivity contribution in [2.45, 2.75) is 12.8 Å². The van der Waals surface area contributed by atoms with Crippen LogP contribution in [0.15, 0.2) is 30.1 Å². The lowest BCUT2D eigenvalue weighted by atomic mass is 10.1. The quantitative estimate of drug-likeness (QED) is 0.916. The zero-order valence-electron chi connectivity index (χ0n) is 12.7. The Labute approximate surface area is 125 Å². The number of H-pyrrole nitrogens is 1. The van der Waals surface area contributed by atoms with Crippen molar-refractivity contribution >= 4 is 17.0 Å². The van der Waals surface area contributed by atoms with Gasteiger partial charge in [-0.05, 0) is 37.1 Å². The number of nitrogens with zero attached hydrogens (tertiary/aromatic N) is 1. The summed E-state index contributed by atoms with van der Waals surface area (Å²) in [4.78, 5) is 5.75. The van der Waals surface area contributed by atoms with E-state index in [0.717, 1.165) is 37.4 Å². The van der Waals surface area contributed by atoms with Crippen LogP contribution in [0.2, 0.25) is 0 Å². The number of likely N-dealkylation sites (tertiary alicyclic amines) is 1. The number of hydrogen-bond acceptors (Lipinski definition) is 3. The highest BCUT2D eigenvalue weighted by Crippen LogP contribution is 2.28. The smallest absolute Gasteiger partial charge is 0.119 e. The van der Waals surface area contributed by atoms with Crippen molar-refractivity contribution in [2.24, 2.45) is 0 Å². The predicted octanol–water partition coefficient (Wildman–Crippen LogP) is 3.26. The van der Waals surface area contributed by atoms with Crippen LogP contribution in [0.25, 0.3) is 17.0 Å². The highest BCUT2D eigenvalue weighted by atomic mass is 16.5. The number of aromatic nitrogens is 1. The second kappa shape index (κ2) is 6.22. The van der Waals surface area contributed by atoms with Gasteiger partial charge >= 0.3 is 0 Å². The molecule has 0 aliphatic carbocycles. The van der Waals surface area contributed by atoms with E-state index in [9.17, 15) is 0 Å². The lowest BCUT2D eigenvalue weighted by Crippen LogP contribution is -2.22. The number of fused-ring (bicyclic) bond motifs is 1. The first-order chi connectivity index (χ1) is 10.3. The van der Waals surface area contributed by atoms with Crippen LogP contribution in [0.5, 0.6) is 5.75 Å². The zero-order chi connectivity index (χ0) is 14.7. The van der Waals surface area contributed by atoms with Gasteiger partial charge in [0.2, 0.25) is 0 Å². The number of hydrogen-bond donors (Lipinski definition) is 1. The molecule has 1 aromatic heterocycles. The highest BCUT2D eigenvalue weighted by Gasteiger charge is 2.17. The monoisotopic (exact) mass is 286 g/mol. The van der Waals surface area contributed by atoms with E-state index in [0.29, 0.717) is 0 Å². The molecule has 1 aromatic carbocycles. The summed E-state index contributed by atoms with van der Waals surface area (Å²) in [7, 11) is 3.46. The second-order valence-corrected chi connectivity index (χ2v) is 5.37. The molecule has 0 bridgehead atoms. The van der Waals surface area contributed by atoms with Crippen molar-refractivity contribution in [1.82, 2.24) is 9.88 Å². The van der Waals surface area contributed by atoms with E-state index in [1.807, 2.05) is 6.07 Å². The summed E-state index contributed by atoms with van der Waals surface area (Å²) in [5, 5.41) is 1.21. The molecule has 21 heavy (non-hydrogen) atoms. The van der Waals surface area contributed by atoms with E-state index >= 15 is 0 Å². The molecule has 0 atom stereocenters. The fraction of sp³-hybridized carbons (Fsp3) is 0.412. The Balaban J connectivity index is 1.91. The van der Waals surface area contributed by atoms with Crippen LogP contribution in [0.1, 0.15) is 18.4 Å². The Hall–Kier alpha value is -1.94. The van der Waals surface area contributed by atoms with Gasteiger partial charge in [-0.15, -0.1) is 0 Å². The Morgan fingerprint density at radius 2 is 2.24 bits per heavy atom. The summed E-state index contributed by atoms with van der Waals surface area (Å²) in [6, 6.07) is 6.14. The number of aromatic amines is 1. The third kappa shape index (κ3) is 2.90. The van der Waals surface area contributed by atoms with Gasteiger partial charge in [0.05, 0.1) is 13.7 Å². The maximum absolute atomic E-state index is 5.33. The van der Waals surface area contributed by atoms with Crippen LogP contribution in [-0.2, 0) is 4.74 Å². The molecule has 1 N–H and O–H groups in total. The van der Waals surface area contributed by atoms with Crippen LogP contribution < -0.4 is 4.74 Å². The van der Waals surface area contributed by atoms with E-state index in [1.165, 1.54) is 23.1 Å². The molecule has 0 saturated carbocycles. The molecule has 3 rings (SSSR count). The van der Waals surface area contributed by atoms with Gasteiger partial charge in [-0.3, -0.25) is 0 Å². The van der Waals surface area contributed by atoms with Crippen molar-refractivity contribution in [3.05, 3.63) is 35.7 Å². The summed E-state index contributed by atoms with van der Waals surface area (Å²) in [5.74, 6) is 0.893. The van der Waals surface area contributed by atoms with Gasteiger partial charge in [-0.1, -0.05) is 0 Å². The minimum Gasteiger partial charge on any atom is -0.497 e. The number of nitrogens with one attached hydrogen (secondary N) is 1. The summed E-state index contributed by atoms with van der Waals surface area (Å²) in [6.45, 7) is 2.87. The Kier molecular flexibility index (Phi) is 4.15. The number of ether oxygens (including phenoxy) is 2. The van der Waals surface area contributed by atoms with Gasteiger partial charge in [-0.25, -0.2) is 0 Å². The van der Waals surface area contributed by atoms with Gasteiger partial charge in [0.15, 0.2) is 0 Å². The molecule has 2 heterocycles. The Bertz CT molecular complexity index is 645. The Morgan fingerprint density at radius 1 is 1.33 bits per heavy atom. The van der Waals surface area contributed by atoms with Gasteiger partial charge in [-0.2, -0.15) is 0 Å². The largest absolute Gasteiger partial charge is 0.497 e. The minimum absolute atomic E-state index is 0.777. The number of benzene rings is 1. The van der Waals surface area contributed by atoms with Crippen molar-refractivity contribution in [3.63, 3.8) is 0 Å². The molecule has 0 radical (unpaired) electrons. The first kappa shape index (κ1) is 14.0. The fourth-order valence-electron chi connectivity index (χ4n) is 2.92. The van der Waals surface area contributed by atoms with E-state index in [4.69, 9.17) is 9.47 Å². The van der Waals surface area contributed by atoms with Crippen molar-refractivity contribution in [1.29, 1.82) is 0 Å². The lowest BCUT2D eigenvalue weighted by molar-refractivity contribution is 0.171. The molecule has 0 spiro atoms. The molecule has 1 aliphatic heterocycles. The number of allylic oxidation sites excluding steroid dienone is 1. The maximum Gasteiger partial charge on any atom is 0.119 e. The molecule has 1 saturated heterocycles. The first-order valence-electron chi connectivity index (χ1n) is 7.41. The van der Waals surface area contributed by atoms with E-state index < -0.39 is 0 Å². The average Bonchev–Trinajstić information content (AvgIpc) is 3.12. The molecule has 0 amide bonds. The predicted molar refractivity (Wildman–Crippen MR) is 85.5 cm³/mol. The summed E-state index contributed by atoms with van der Waals surface area (Å²) in [6.07, 6.45) is 6.73. The van der Waals surface area contributed by atoms with Gasteiger partial charge < -0.3 is 19.4 Å². The lowest BCUT2D eigenvalue weighted by Gasteiger charge is -2.19. The van der Waals surface area contributed by atoms with Gasteiger partial charge in [0, 0.05) is 48.6 Å². The van der Waals surface area contributed by atoms with Gasteiger partial charge in [0.25, 0.3) is 0 Å². The topological polar surface area (TPSA) is 37.5 Å². The molecule has 0 unspecified atom stereocenters. The normalized spacial score (nSPS) is 17.0. The highest BCUT2D eigenvalue weighted by molar-refractivity contribution is 5.90. The Morgan fingerprint density at radius 3 is 3.05 bits per heavy atom. The van der Waals surface area contributed by atoms with E-state index in [-0.39, 0.29) is 0 Å². The third-order valence-corrected chi connectivity index (χ3v) is 4.08. The molecular weight excluding hydrogens is 264 g/mol. The summed E-state index contributed by atoms with van der Waals surface area (Å²) < 4.78 is 10.5. The van der Waals surface area contributed by atoms with Crippen molar-refractivity contribution in [2.75, 3.05) is 33.9 Å². The van der Waals surface area contributed by atoms with Crippen LogP contribution in [-0.4, -0.2) is 43.8 Å². The van der Waals surface area contributed by atoms with Crippen molar-refractivity contribution < 1.29 is 9.47 Å². The van der Waals surface area contributed by atoms with Gasteiger partial charge in [0.1, 0.15) is 5.75 Å². The molecular formula is C17H22N2O2. The molecule has 1 aliphatic rings. The first-order valence-corrected chi connectivity index (χ1v) is 7.41. The number of methoxy groups -OCH3 is 2. The fourth-order valence-corrected chi connectivity index (χ4v) is 2.92. The average molecular weight is 286 g/mol. The summed E-state index contributed by atoms with van der Waals surface area (Å²) in [5.41, 5.74) is 3.77. The molecule has 2 aromatic rings. The van der Waals surface area contributed by atoms with E-state index in [1.54, 1.807) is 14.2 Å². The molecule has 4 nitrogen and oxygen atoms in total. The SMILES string of the molecule is COCCN1CCC/C1=C/c1c[nH]c2ccc(OC)cc12. The maximum atomic E-state index is 5.33. The van der Waals surface area contributed by atoms with Crippen LogP contribution in [0.3, 0.4) is 0 Å². The van der Waals surface area contributed by atoms with Crippen molar-refractivity contribution in [3.8, 4) is 5.75 Å². The van der Waals surface area contributed by atoms with Crippen LogP contribution >= 0.6 is 0 Å². The standard InChI is InChI=1S/C17H22N2O2/c1-20-9-8-19-7-3-4-14(19)10-13-12-18-17-6-5-15(21-2)11-16(13)17/h5-6,10-12,18H,3-4,7-9H2,1-2H3/b14-10-. The minimum atomic E-state index is 0.777. The molecule has 4 heteroatoms. The van der Waals surface area contributed by atoms with Crippen LogP contribution in [0.4, 0.5) is 0 Å². The number of rotatable bonds is 5. The molecule has 112 valence electrons. The van der Waals surface area contributed by atoms with E-state index in [2.05, 4.69) is 34.3 Å². The summed E-state index contributed by atoms with van der Waals surface area (Å²) >= 11 is 0.